The Kier molecular flexibility index (Phi) is 6.50. The topological polar surface area (TPSA) is 85.8 Å². The van der Waals surface area contributed by atoms with Crippen LogP contribution in [0.2, 0.25) is 0 Å². The van der Waals surface area contributed by atoms with Crippen LogP contribution in [0.1, 0.15) is 51.3 Å². The van der Waals surface area contributed by atoms with Crippen molar-refractivity contribution in [2.24, 2.45) is 5.73 Å². The second kappa shape index (κ2) is 8.38. The smallest absolute Gasteiger partial charge is 0.221 e. The Bertz CT molecular complexity index is 456. The van der Waals surface area contributed by atoms with E-state index in [9.17, 15) is 4.79 Å². The molecule has 1 aromatic rings. The number of thioether (sulfide) groups is 1. The Morgan fingerprint density at radius 2 is 2.14 bits per heavy atom. The first kappa shape index (κ1) is 16.3. The first-order valence-electron chi connectivity index (χ1n) is 7.79. The summed E-state index contributed by atoms with van der Waals surface area (Å²) in [4.78, 5) is 11.9. The van der Waals surface area contributed by atoms with E-state index in [4.69, 9.17) is 5.73 Å². The fourth-order valence-corrected chi connectivity index (χ4v) is 3.64. The van der Waals surface area contributed by atoms with Crippen LogP contribution in [-0.4, -0.2) is 32.5 Å². The summed E-state index contributed by atoms with van der Waals surface area (Å²) in [6, 6.07) is 0.388. The maximum Gasteiger partial charge on any atom is 0.221 e. The van der Waals surface area contributed by atoms with E-state index in [1.54, 1.807) is 11.8 Å². The summed E-state index contributed by atoms with van der Waals surface area (Å²) in [5.74, 6) is 1.67. The molecule has 0 spiro atoms. The van der Waals surface area contributed by atoms with Crippen LogP contribution < -0.4 is 11.1 Å². The van der Waals surface area contributed by atoms with Crippen LogP contribution in [0.5, 0.6) is 0 Å². The van der Waals surface area contributed by atoms with Crippen LogP contribution >= 0.6 is 11.8 Å². The van der Waals surface area contributed by atoms with Gasteiger partial charge in [-0.1, -0.05) is 31.0 Å². The van der Waals surface area contributed by atoms with E-state index < -0.39 is 0 Å². The molecule has 0 atom stereocenters. The van der Waals surface area contributed by atoms with Crippen LogP contribution in [-0.2, 0) is 17.9 Å². The quantitative estimate of drug-likeness (QED) is 0.748. The predicted octanol–water partition coefficient (Wildman–Crippen LogP) is 1.69. The van der Waals surface area contributed by atoms with Crippen molar-refractivity contribution in [3.8, 4) is 0 Å². The molecule has 2 rings (SSSR count). The van der Waals surface area contributed by atoms with E-state index in [1.807, 2.05) is 11.5 Å². The van der Waals surface area contributed by atoms with Gasteiger partial charge in [0.05, 0.1) is 6.54 Å². The Morgan fingerprint density at radius 3 is 2.81 bits per heavy atom. The number of rotatable bonds is 7. The van der Waals surface area contributed by atoms with Crippen LogP contribution in [0.25, 0.3) is 0 Å². The zero-order chi connectivity index (χ0) is 15.1. The summed E-state index contributed by atoms with van der Waals surface area (Å²) in [5.41, 5.74) is 5.62. The van der Waals surface area contributed by atoms with Crippen molar-refractivity contribution in [1.29, 1.82) is 0 Å². The minimum Gasteiger partial charge on any atom is -0.353 e. The van der Waals surface area contributed by atoms with Crippen LogP contribution in [0.15, 0.2) is 5.16 Å². The lowest BCUT2D eigenvalue weighted by Crippen LogP contribution is -2.36. The summed E-state index contributed by atoms with van der Waals surface area (Å²) in [6.07, 6.45) is 6.56. The molecule has 1 aliphatic rings. The molecule has 0 radical (unpaired) electrons. The molecule has 1 saturated carbocycles. The highest BCUT2D eigenvalue weighted by molar-refractivity contribution is 7.99. The number of hydrogen-bond acceptors (Lipinski definition) is 5. The van der Waals surface area contributed by atoms with Gasteiger partial charge in [0.15, 0.2) is 5.16 Å². The number of aromatic nitrogens is 3. The summed E-state index contributed by atoms with van der Waals surface area (Å²) < 4.78 is 2.00. The van der Waals surface area contributed by atoms with Crippen molar-refractivity contribution in [1.82, 2.24) is 20.1 Å². The molecule has 1 aliphatic carbocycles. The fraction of sp³-hybridized carbons (Fsp3) is 0.786. The zero-order valence-corrected chi connectivity index (χ0v) is 13.5. The highest BCUT2D eigenvalue weighted by Crippen LogP contribution is 2.19. The molecular formula is C14H25N5OS. The maximum absolute atomic E-state index is 11.9. The highest BCUT2D eigenvalue weighted by atomic mass is 32.2. The normalized spacial score (nSPS) is 16.1. The molecule has 1 fully saturated rings. The largest absolute Gasteiger partial charge is 0.353 e. The van der Waals surface area contributed by atoms with Gasteiger partial charge in [0.2, 0.25) is 5.91 Å². The van der Waals surface area contributed by atoms with Crippen molar-refractivity contribution in [3.63, 3.8) is 0 Å². The van der Waals surface area contributed by atoms with Gasteiger partial charge in [-0.2, -0.15) is 0 Å². The number of nitrogens with zero attached hydrogens (tertiary/aromatic N) is 3. The first-order chi connectivity index (χ1) is 10.2. The van der Waals surface area contributed by atoms with E-state index in [2.05, 4.69) is 15.5 Å². The van der Waals surface area contributed by atoms with Gasteiger partial charge in [-0.05, 0) is 19.8 Å². The highest BCUT2D eigenvalue weighted by Gasteiger charge is 2.16. The molecule has 1 aromatic heterocycles. The SMILES string of the molecule is CCn1c(CN)nnc1SCCC(=O)NC1CCCCC1. The fourth-order valence-electron chi connectivity index (χ4n) is 2.68. The Morgan fingerprint density at radius 1 is 1.38 bits per heavy atom. The van der Waals surface area contributed by atoms with Gasteiger partial charge in [0, 0.05) is 24.8 Å². The van der Waals surface area contributed by atoms with Gasteiger partial charge in [0.1, 0.15) is 5.82 Å². The van der Waals surface area contributed by atoms with Gasteiger partial charge in [-0.25, -0.2) is 0 Å². The van der Waals surface area contributed by atoms with E-state index in [1.165, 1.54) is 19.3 Å². The molecule has 0 bridgehead atoms. The van der Waals surface area contributed by atoms with Crippen LogP contribution in [0.3, 0.4) is 0 Å². The molecule has 0 aliphatic heterocycles. The van der Waals surface area contributed by atoms with Gasteiger partial charge in [-0.3, -0.25) is 4.79 Å². The number of carbonyl (C=O) groups excluding carboxylic acids is 1. The summed E-state index contributed by atoms with van der Waals surface area (Å²) >= 11 is 1.57. The van der Waals surface area contributed by atoms with Crippen molar-refractivity contribution < 1.29 is 4.79 Å². The van der Waals surface area contributed by atoms with Crippen LogP contribution in [0, 0.1) is 0 Å². The average molecular weight is 311 g/mol. The second-order valence-corrected chi connectivity index (χ2v) is 6.41. The third-order valence-corrected chi connectivity index (χ3v) is 4.79. The van der Waals surface area contributed by atoms with Gasteiger partial charge < -0.3 is 15.6 Å². The minimum atomic E-state index is 0.149. The lowest BCUT2D eigenvalue weighted by Gasteiger charge is -2.22. The standard InChI is InChI=1S/C14H25N5OS/c1-2-19-12(10-15)17-18-14(19)21-9-8-13(20)16-11-6-4-3-5-7-11/h11H,2-10,15H2,1H3,(H,16,20). The molecule has 7 heteroatoms. The van der Waals surface area contributed by atoms with E-state index >= 15 is 0 Å². The molecule has 21 heavy (non-hydrogen) atoms. The predicted molar refractivity (Wildman–Crippen MR) is 83.9 cm³/mol. The molecule has 118 valence electrons. The molecule has 0 saturated heterocycles. The van der Waals surface area contributed by atoms with Crippen molar-refractivity contribution in [3.05, 3.63) is 5.82 Å². The number of amides is 1. The lowest BCUT2D eigenvalue weighted by molar-refractivity contribution is -0.121. The van der Waals surface area contributed by atoms with Crippen molar-refractivity contribution in [2.45, 2.75) is 69.7 Å². The maximum atomic E-state index is 11.9. The molecule has 1 amide bonds. The van der Waals surface area contributed by atoms with E-state index in [0.717, 1.165) is 36.1 Å². The Balaban J connectivity index is 1.73. The van der Waals surface area contributed by atoms with E-state index in [0.29, 0.717) is 19.0 Å². The van der Waals surface area contributed by atoms with E-state index in [-0.39, 0.29) is 5.91 Å². The molecule has 0 aromatic carbocycles. The van der Waals surface area contributed by atoms with Crippen molar-refractivity contribution >= 4 is 17.7 Å². The second-order valence-electron chi connectivity index (χ2n) is 5.35. The van der Waals surface area contributed by atoms with Gasteiger partial charge >= 0.3 is 0 Å². The molecule has 1 heterocycles. The Labute approximate surface area is 130 Å². The molecule has 6 nitrogen and oxygen atoms in total. The lowest BCUT2D eigenvalue weighted by atomic mass is 9.95. The molecular weight excluding hydrogens is 286 g/mol. The zero-order valence-electron chi connectivity index (χ0n) is 12.7. The van der Waals surface area contributed by atoms with Gasteiger partial charge in [-0.15, -0.1) is 10.2 Å². The van der Waals surface area contributed by atoms with Crippen LogP contribution in [0.4, 0.5) is 0 Å². The first-order valence-corrected chi connectivity index (χ1v) is 8.77. The summed E-state index contributed by atoms with van der Waals surface area (Å²) in [6.45, 7) is 3.24. The number of nitrogens with two attached hydrogens (primary N) is 1. The molecule has 0 unspecified atom stereocenters. The Hall–Kier alpha value is -1.08. The average Bonchev–Trinajstić information content (AvgIpc) is 2.90. The summed E-state index contributed by atoms with van der Waals surface area (Å²) in [5, 5.41) is 12.2. The van der Waals surface area contributed by atoms with Crippen molar-refractivity contribution in [2.75, 3.05) is 5.75 Å². The summed E-state index contributed by atoms with van der Waals surface area (Å²) in [7, 11) is 0. The third kappa shape index (κ3) is 4.71. The molecule has 3 N–H and O–H groups in total. The number of nitrogens with one attached hydrogen (secondary N) is 1. The minimum absolute atomic E-state index is 0.149. The number of hydrogen-bond donors (Lipinski definition) is 2. The number of carbonyl (C=O) groups is 1. The van der Waals surface area contributed by atoms with Gasteiger partial charge in [0.25, 0.3) is 0 Å². The third-order valence-electron chi connectivity index (χ3n) is 3.82. The monoisotopic (exact) mass is 311 g/mol.